The summed E-state index contributed by atoms with van der Waals surface area (Å²) in [5.74, 6) is -4.21. The average molecular weight is 413 g/mol. The summed E-state index contributed by atoms with van der Waals surface area (Å²) in [5, 5.41) is 7.08. The van der Waals surface area contributed by atoms with E-state index in [9.17, 15) is 26.7 Å². The number of hydrogen-bond acceptors (Lipinski definition) is 2. The van der Waals surface area contributed by atoms with Crippen LogP contribution in [0, 0.1) is 11.6 Å². The molecule has 1 amide bonds. The minimum atomic E-state index is -4.98. The number of piperidine rings is 1. The highest BCUT2D eigenvalue weighted by molar-refractivity contribution is 5.94. The molecule has 0 spiro atoms. The maximum Gasteiger partial charge on any atom is 0.419 e. The first-order chi connectivity index (χ1) is 13.8. The maximum absolute atomic E-state index is 13.9. The van der Waals surface area contributed by atoms with E-state index in [4.69, 9.17) is 0 Å². The quantitative estimate of drug-likeness (QED) is 0.732. The summed E-state index contributed by atoms with van der Waals surface area (Å²) in [6.07, 6.45) is -0.821. The van der Waals surface area contributed by atoms with Gasteiger partial charge in [-0.15, -0.1) is 0 Å². The number of rotatable bonds is 2. The van der Waals surface area contributed by atoms with Crippen molar-refractivity contribution < 1.29 is 26.7 Å². The molecule has 4 nitrogen and oxygen atoms in total. The highest BCUT2D eigenvalue weighted by atomic mass is 19.4. The van der Waals surface area contributed by atoms with Crippen LogP contribution in [0.15, 0.2) is 12.1 Å². The lowest BCUT2D eigenvalue weighted by Crippen LogP contribution is -2.39. The minimum absolute atomic E-state index is 0.232. The van der Waals surface area contributed by atoms with Crippen LogP contribution in [-0.2, 0) is 19.0 Å². The molecule has 1 aromatic carbocycles. The highest BCUT2D eigenvalue weighted by Gasteiger charge is 2.40. The largest absolute Gasteiger partial charge is 0.419 e. The fourth-order valence-electron chi connectivity index (χ4n) is 4.40. The minimum Gasteiger partial charge on any atom is -0.337 e. The van der Waals surface area contributed by atoms with Gasteiger partial charge in [-0.1, -0.05) is 6.07 Å². The molecule has 1 aliphatic heterocycles. The molecule has 1 aliphatic carbocycles. The third-order valence-electron chi connectivity index (χ3n) is 5.89. The SMILES string of the molecule is O=C(c1n[nH]c2c1CCCC2)N1CCC(c2ccc(F)c(F)c2C(F)(F)F)CC1. The predicted octanol–water partition coefficient (Wildman–Crippen LogP) is 4.61. The summed E-state index contributed by atoms with van der Waals surface area (Å²) in [6, 6.07) is 1.74. The number of carbonyl (C=O) groups is 1. The van der Waals surface area contributed by atoms with Crippen molar-refractivity contribution in [3.05, 3.63) is 51.8 Å². The standard InChI is InChI=1S/C20H20F5N3O/c21-14-6-5-12(16(17(14)22)20(23,24)25)11-7-9-28(10-8-11)19(29)18-13-3-1-2-4-15(13)26-27-18/h5-6,11H,1-4,7-10H2,(H,26,27). The number of nitrogens with zero attached hydrogens (tertiary/aromatic N) is 2. The number of H-pyrrole nitrogens is 1. The highest BCUT2D eigenvalue weighted by Crippen LogP contribution is 2.41. The molecule has 0 unspecified atom stereocenters. The Morgan fingerprint density at radius 1 is 1.10 bits per heavy atom. The number of halogens is 5. The van der Waals surface area contributed by atoms with Crippen molar-refractivity contribution in [2.45, 2.75) is 50.6 Å². The van der Waals surface area contributed by atoms with Crippen LogP contribution in [0.3, 0.4) is 0 Å². The van der Waals surface area contributed by atoms with E-state index in [2.05, 4.69) is 10.2 Å². The number of aryl methyl sites for hydroxylation is 1. The summed E-state index contributed by atoms with van der Waals surface area (Å²) in [4.78, 5) is 14.4. The molecule has 1 fully saturated rings. The van der Waals surface area contributed by atoms with Gasteiger partial charge in [-0.2, -0.15) is 18.3 Å². The van der Waals surface area contributed by atoms with E-state index in [1.165, 1.54) is 0 Å². The van der Waals surface area contributed by atoms with Crippen molar-refractivity contribution in [3.8, 4) is 0 Å². The van der Waals surface area contributed by atoms with Crippen molar-refractivity contribution in [3.63, 3.8) is 0 Å². The van der Waals surface area contributed by atoms with E-state index in [-0.39, 0.29) is 37.4 Å². The number of amides is 1. The first-order valence-corrected chi connectivity index (χ1v) is 9.68. The number of fused-ring (bicyclic) bond motifs is 1. The van der Waals surface area contributed by atoms with E-state index < -0.39 is 29.3 Å². The maximum atomic E-state index is 13.9. The summed E-state index contributed by atoms with van der Waals surface area (Å²) in [7, 11) is 0. The Labute approximate surface area is 164 Å². The smallest absolute Gasteiger partial charge is 0.337 e. The van der Waals surface area contributed by atoms with Crippen LogP contribution in [0.1, 0.15) is 64.5 Å². The number of carbonyl (C=O) groups excluding carboxylic acids is 1. The summed E-state index contributed by atoms with van der Waals surface area (Å²) < 4.78 is 67.2. The van der Waals surface area contributed by atoms with E-state index in [1.807, 2.05) is 0 Å². The van der Waals surface area contributed by atoms with Crippen LogP contribution in [0.4, 0.5) is 22.0 Å². The van der Waals surface area contributed by atoms with Crippen LogP contribution in [0.5, 0.6) is 0 Å². The van der Waals surface area contributed by atoms with Gasteiger partial charge in [0.05, 0.1) is 5.56 Å². The Kier molecular flexibility index (Phi) is 5.08. The summed E-state index contributed by atoms with van der Waals surface area (Å²) >= 11 is 0. The van der Waals surface area contributed by atoms with E-state index in [0.29, 0.717) is 5.69 Å². The lowest BCUT2D eigenvalue weighted by molar-refractivity contribution is -0.141. The molecular formula is C20H20F5N3O. The van der Waals surface area contributed by atoms with Gasteiger partial charge in [0.1, 0.15) is 0 Å². The fraction of sp³-hybridized carbons (Fsp3) is 0.500. The third-order valence-corrected chi connectivity index (χ3v) is 5.89. The molecule has 9 heteroatoms. The number of likely N-dealkylation sites (tertiary alicyclic amines) is 1. The van der Waals surface area contributed by atoms with Gasteiger partial charge in [0.25, 0.3) is 5.91 Å². The Morgan fingerprint density at radius 2 is 1.79 bits per heavy atom. The van der Waals surface area contributed by atoms with E-state index in [1.54, 1.807) is 4.90 Å². The van der Waals surface area contributed by atoms with Crippen LogP contribution in [0.25, 0.3) is 0 Å². The van der Waals surface area contributed by atoms with Gasteiger partial charge in [-0.3, -0.25) is 9.89 Å². The van der Waals surface area contributed by atoms with Crippen molar-refractivity contribution in [2.75, 3.05) is 13.1 Å². The molecule has 2 aromatic rings. The Bertz CT molecular complexity index is 929. The van der Waals surface area contributed by atoms with Crippen molar-refractivity contribution in [1.29, 1.82) is 0 Å². The van der Waals surface area contributed by atoms with Gasteiger partial charge in [-0.25, -0.2) is 8.78 Å². The monoisotopic (exact) mass is 413 g/mol. The second kappa shape index (κ2) is 7.42. The van der Waals surface area contributed by atoms with Gasteiger partial charge in [0.2, 0.25) is 0 Å². The van der Waals surface area contributed by atoms with E-state index >= 15 is 0 Å². The number of hydrogen-bond donors (Lipinski definition) is 1. The number of nitrogens with one attached hydrogen (secondary N) is 1. The molecule has 156 valence electrons. The third kappa shape index (κ3) is 3.62. The van der Waals surface area contributed by atoms with Gasteiger partial charge < -0.3 is 4.90 Å². The van der Waals surface area contributed by atoms with Crippen molar-refractivity contribution in [2.24, 2.45) is 0 Å². The van der Waals surface area contributed by atoms with Crippen LogP contribution >= 0.6 is 0 Å². The van der Waals surface area contributed by atoms with Crippen LogP contribution in [0.2, 0.25) is 0 Å². The molecule has 2 heterocycles. The van der Waals surface area contributed by atoms with E-state index in [0.717, 1.165) is 49.1 Å². The summed E-state index contributed by atoms with van der Waals surface area (Å²) in [6.45, 7) is 0.475. The number of aromatic amines is 1. The Hall–Kier alpha value is -2.45. The predicted molar refractivity (Wildman–Crippen MR) is 94.5 cm³/mol. The Balaban J connectivity index is 1.51. The molecule has 0 radical (unpaired) electrons. The van der Waals surface area contributed by atoms with Crippen molar-refractivity contribution >= 4 is 5.91 Å². The number of alkyl halides is 3. The first-order valence-electron chi connectivity index (χ1n) is 9.68. The molecule has 0 atom stereocenters. The normalized spacial score (nSPS) is 18.0. The second-order valence-corrected chi connectivity index (χ2v) is 7.63. The van der Waals surface area contributed by atoms with Gasteiger partial charge >= 0.3 is 6.18 Å². The lowest BCUT2D eigenvalue weighted by atomic mass is 9.85. The molecule has 2 aliphatic rings. The Morgan fingerprint density at radius 3 is 2.48 bits per heavy atom. The topological polar surface area (TPSA) is 49.0 Å². The number of aromatic nitrogens is 2. The first kappa shape index (κ1) is 19.8. The molecular weight excluding hydrogens is 393 g/mol. The molecule has 1 aromatic heterocycles. The van der Waals surface area contributed by atoms with Crippen LogP contribution in [-0.4, -0.2) is 34.1 Å². The number of benzene rings is 1. The zero-order valence-corrected chi connectivity index (χ0v) is 15.6. The second-order valence-electron chi connectivity index (χ2n) is 7.63. The lowest BCUT2D eigenvalue weighted by Gasteiger charge is -2.33. The fourth-order valence-corrected chi connectivity index (χ4v) is 4.40. The van der Waals surface area contributed by atoms with Crippen LogP contribution < -0.4 is 0 Å². The molecule has 29 heavy (non-hydrogen) atoms. The molecule has 0 saturated carbocycles. The van der Waals surface area contributed by atoms with Gasteiger partial charge in [0.15, 0.2) is 17.3 Å². The molecule has 1 N–H and O–H groups in total. The van der Waals surface area contributed by atoms with Gasteiger partial charge in [-0.05, 0) is 56.1 Å². The average Bonchev–Trinajstić information content (AvgIpc) is 3.13. The zero-order valence-electron chi connectivity index (χ0n) is 15.6. The van der Waals surface area contributed by atoms with Crippen molar-refractivity contribution in [1.82, 2.24) is 15.1 Å². The zero-order chi connectivity index (χ0) is 20.8. The van der Waals surface area contributed by atoms with Gasteiger partial charge in [0, 0.05) is 24.3 Å². The molecule has 0 bridgehead atoms. The molecule has 1 saturated heterocycles. The molecule has 4 rings (SSSR count). The summed E-state index contributed by atoms with van der Waals surface area (Å²) in [5.41, 5.74) is 0.515.